The number of para-hydroxylation sites is 8. The number of fused-ring (bicyclic) bond motifs is 16. The van der Waals surface area contributed by atoms with Crippen LogP contribution in [0.4, 0.5) is 68.2 Å². The molecular weight excluding hydrogens is 1220 g/mol. The molecule has 98 heavy (non-hydrogen) atoms. The molecule has 14 aromatic carbocycles. The molecule has 0 atom stereocenters. The van der Waals surface area contributed by atoms with Crippen molar-refractivity contribution in [2.45, 2.75) is 38.5 Å². The van der Waals surface area contributed by atoms with Gasteiger partial charge in [0.1, 0.15) is 11.2 Å². The summed E-state index contributed by atoms with van der Waals surface area (Å²) in [5.41, 5.74) is 30.5. The second kappa shape index (κ2) is 22.2. The highest BCUT2D eigenvalue weighted by atomic mass is 35.5. The lowest BCUT2D eigenvalue weighted by Crippen LogP contribution is -2.61. The highest BCUT2D eigenvalue weighted by Gasteiger charge is 2.44. The van der Waals surface area contributed by atoms with Gasteiger partial charge in [-0.15, -0.1) is 0 Å². The Hall–Kier alpha value is -11.8. The number of rotatable bonds is 8. The van der Waals surface area contributed by atoms with E-state index in [4.69, 9.17) is 20.4 Å². The fraction of sp³-hybridized carbons (Fsp3) is 0.0667. The maximum absolute atomic E-state index is 7.56. The van der Waals surface area contributed by atoms with Gasteiger partial charge in [0, 0.05) is 77.9 Å². The second-order valence-corrected chi connectivity index (χ2v) is 27.6. The third-order valence-electron chi connectivity index (χ3n) is 21.1. The van der Waals surface area contributed by atoms with Crippen molar-refractivity contribution in [1.29, 1.82) is 0 Å². The zero-order chi connectivity index (χ0) is 65.5. The molecule has 2 aliphatic heterocycles. The molecule has 20 rings (SSSR count). The van der Waals surface area contributed by atoms with E-state index in [9.17, 15) is 0 Å². The van der Waals surface area contributed by atoms with Gasteiger partial charge in [0.2, 0.25) is 0 Å². The number of benzene rings is 14. The second-order valence-electron chi connectivity index (χ2n) is 27.2. The summed E-state index contributed by atoms with van der Waals surface area (Å²) in [5.74, 6) is 0. The highest BCUT2D eigenvalue weighted by molar-refractivity contribution is 7.00. The third-order valence-corrected chi connectivity index (χ3v) is 21.5. The molecule has 0 amide bonds. The van der Waals surface area contributed by atoms with Crippen molar-refractivity contribution in [3.05, 3.63) is 343 Å². The number of hydrogen-bond donors (Lipinski definition) is 0. The monoisotopic (exact) mass is 1280 g/mol. The molecule has 0 unspecified atom stereocenters. The average molecular weight is 1280 g/mol. The molecule has 0 spiro atoms. The van der Waals surface area contributed by atoms with E-state index in [0.29, 0.717) is 5.02 Å². The smallest absolute Gasteiger partial charge is 0.252 e. The van der Waals surface area contributed by atoms with Gasteiger partial charge < -0.3 is 28.4 Å². The Bertz CT molecular complexity index is 5850. The lowest BCUT2D eigenvalue weighted by atomic mass is 9.33. The van der Waals surface area contributed by atoms with Crippen molar-refractivity contribution in [3.8, 4) is 22.3 Å². The number of furan rings is 2. The Labute approximate surface area is 575 Å². The van der Waals surface area contributed by atoms with Crippen molar-refractivity contribution >= 4 is 147 Å². The molecule has 8 heteroatoms. The van der Waals surface area contributed by atoms with E-state index >= 15 is 0 Å². The van der Waals surface area contributed by atoms with Gasteiger partial charge in [-0.25, -0.2) is 0 Å². The summed E-state index contributed by atoms with van der Waals surface area (Å²) >= 11 is 7.56. The fourth-order valence-corrected chi connectivity index (χ4v) is 17.0. The van der Waals surface area contributed by atoms with Crippen LogP contribution in [0, 0.1) is 0 Å². The van der Waals surface area contributed by atoms with Crippen LogP contribution in [0.5, 0.6) is 0 Å². The zero-order valence-corrected chi connectivity index (χ0v) is 55.3. The molecule has 2 aliphatic carbocycles. The van der Waals surface area contributed by atoms with Crippen LogP contribution in [0.3, 0.4) is 0 Å². The molecule has 0 saturated heterocycles. The van der Waals surface area contributed by atoms with Gasteiger partial charge in [-0.3, -0.25) is 0 Å². The summed E-state index contributed by atoms with van der Waals surface area (Å²) in [6, 6.07) is 113. The lowest BCUT2D eigenvalue weighted by molar-refractivity contribution is 0.647. The summed E-state index contributed by atoms with van der Waals surface area (Å²) in [5, 5.41) is 5.10. The summed E-state index contributed by atoms with van der Waals surface area (Å²) in [6.07, 6.45) is 0. The van der Waals surface area contributed by atoms with Crippen molar-refractivity contribution in [3.63, 3.8) is 0 Å². The van der Waals surface area contributed by atoms with Gasteiger partial charge in [-0.1, -0.05) is 233 Å². The summed E-state index contributed by atoms with van der Waals surface area (Å²) in [4.78, 5) is 9.30. The number of hydrogen-bond acceptors (Lipinski definition) is 6. The summed E-state index contributed by atoms with van der Waals surface area (Å²) in [7, 11) is 0. The molecule has 0 N–H and O–H groups in total. The van der Waals surface area contributed by atoms with Crippen LogP contribution in [0.1, 0.15) is 49.9 Å². The topological polar surface area (TPSA) is 39.2 Å². The molecule has 0 fully saturated rings. The normalized spacial score (nSPS) is 13.9. The van der Waals surface area contributed by atoms with Crippen LogP contribution in [0.15, 0.2) is 324 Å². The van der Waals surface area contributed by atoms with E-state index in [0.717, 1.165) is 89.4 Å². The van der Waals surface area contributed by atoms with Crippen LogP contribution in [0.25, 0.3) is 66.1 Å². The summed E-state index contributed by atoms with van der Waals surface area (Å²) < 4.78 is 13.9. The first-order valence-electron chi connectivity index (χ1n) is 33.8. The predicted molar refractivity (Wildman–Crippen MR) is 411 cm³/mol. The molecule has 16 aromatic rings. The first-order chi connectivity index (χ1) is 48.1. The summed E-state index contributed by atoms with van der Waals surface area (Å²) in [6.45, 7) is 9.37. The van der Waals surface area contributed by atoms with E-state index in [1.165, 1.54) is 83.6 Å². The zero-order valence-electron chi connectivity index (χ0n) is 54.6. The molecule has 6 nitrogen and oxygen atoms in total. The van der Waals surface area contributed by atoms with Crippen molar-refractivity contribution in [2.24, 2.45) is 0 Å². The third kappa shape index (κ3) is 8.62. The van der Waals surface area contributed by atoms with Gasteiger partial charge >= 0.3 is 0 Å². The van der Waals surface area contributed by atoms with Crippen LogP contribution in [0.2, 0.25) is 5.02 Å². The Morgan fingerprint density at radius 2 is 0.714 bits per heavy atom. The average Bonchev–Trinajstić information content (AvgIpc) is 0.879. The Balaban J connectivity index is 0.000000137. The molecule has 4 heterocycles. The van der Waals surface area contributed by atoms with Gasteiger partial charge in [0.15, 0.2) is 11.2 Å². The fourth-order valence-electron chi connectivity index (χ4n) is 16.7. The minimum atomic E-state index is -0.116. The maximum atomic E-state index is 7.56. The standard InChI is InChI=1S/C45H31BN2O.C45H33ClN2O/c1-45(2)33-18-7-6-16-29(33)31-26-32-30-17-12-25-41(44(30)49-42(32)27-34(31)45)48-38-22-11-9-20-36(38)46-35-19-8-10-21-37(35)47(28-14-4-3-5-15-28)39-23-13-24-40(48)43(39)46;1-45(2)37-24-13-12-22-33(37)35-28-36-34-23-14-27-41(44(34)49-42(36)29-38(35)45)48(32-20-10-5-11-21-32)40-26-15-25-39(43(40)46)47(30-16-6-3-7-17-30)31-18-8-4-9-19-31/h3-27H,1-2H3;3-29H,1-2H3. The Morgan fingerprint density at radius 3 is 1.29 bits per heavy atom. The number of anilines is 12. The van der Waals surface area contributed by atoms with E-state index in [-0.39, 0.29) is 17.5 Å². The van der Waals surface area contributed by atoms with E-state index in [1.807, 2.05) is 18.2 Å². The Kier molecular flexibility index (Phi) is 13.0. The van der Waals surface area contributed by atoms with Gasteiger partial charge in [0.25, 0.3) is 6.71 Å². The van der Waals surface area contributed by atoms with Crippen LogP contribution >= 0.6 is 11.6 Å². The van der Waals surface area contributed by atoms with E-state index < -0.39 is 0 Å². The molecule has 4 aliphatic rings. The number of nitrogens with zero attached hydrogens (tertiary/aromatic N) is 4. The van der Waals surface area contributed by atoms with Crippen LogP contribution in [-0.4, -0.2) is 6.71 Å². The predicted octanol–water partition coefficient (Wildman–Crippen LogP) is 23.5. The minimum absolute atomic E-state index is 0.0905. The number of halogens is 1. The van der Waals surface area contributed by atoms with Crippen molar-refractivity contribution < 1.29 is 8.83 Å². The van der Waals surface area contributed by atoms with Gasteiger partial charge in [0.05, 0.1) is 27.8 Å². The van der Waals surface area contributed by atoms with E-state index in [1.54, 1.807) is 0 Å². The minimum Gasteiger partial charge on any atom is -0.454 e. The molecule has 0 radical (unpaired) electrons. The first kappa shape index (κ1) is 57.7. The van der Waals surface area contributed by atoms with Gasteiger partial charge in [-0.2, -0.15) is 0 Å². The maximum Gasteiger partial charge on any atom is 0.252 e. The molecular formula is C90H64BClN4O2. The molecule has 0 saturated carbocycles. The molecule has 466 valence electrons. The first-order valence-corrected chi connectivity index (χ1v) is 34.2. The van der Waals surface area contributed by atoms with Crippen LogP contribution in [-0.2, 0) is 10.8 Å². The molecule has 0 bridgehead atoms. The highest BCUT2D eigenvalue weighted by Crippen LogP contribution is 2.56. The largest absolute Gasteiger partial charge is 0.454 e. The van der Waals surface area contributed by atoms with Crippen molar-refractivity contribution in [2.75, 3.05) is 19.6 Å². The SMILES string of the molecule is CC1(C)c2ccccc2-c2cc3c(cc21)oc1c(N(c2ccccc2)c2cccc(N(c4ccccc4)c4ccccc4)c2Cl)cccc13.CC1(C)c2ccccc2-c2cc3c(cc21)oc1c(N2c4ccccc4B4c5ccccc5N(c5ccccc5)c5cccc2c54)cccc13. The quantitative estimate of drug-likeness (QED) is 0.141. The Morgan fingerprint density at radius 1 is 0.316 bits per heavy atom. The van der Waals surface area contributed by atoms with Gasteiger partial charge in [-0.05, 0) is 182 Å². The molecule has 2 aromatic heterocycles. The van der Waals surface area contributed by atoms with Crippen molar-refractivity contribution in [1.82, 2.24) is 0 Å². The van der Waals surface area contributed by atoms with Crippen LogP contribution < -0.4 is 36.0 Å². The lowest BCUT2D eigenvalue weighted by Gasteiger charge is -2.43. The van der Waals surface area contributed by atoms with E-state index in [2.05, 4.69) is 345 Å².